The van der Waals surface area contributed by atoms with Gasteiger partial charge < -0.3 is 15.8 Å². The minimum absolute atomic E-state index is 0.261. The monoisotopic (exact) mass is 287 g/mol. The molecule has 0 aliphatic carbocycles. The summed E-state index contributed by atoms with van der Waals surface area (Å²) in [5.74, 6) is 0.473. The maximum absolute atomic E-state index is 5.92. The summed E-state index contributed by atoms with van der Waals surface area (Å²) >= 11 is 0. The molecule has 0 amide bonds. The number of fused-ring (bicyclic) bond motifs is 1. The highest BCUT2D eigenvalue weighted by Gasteiger charge is 2.15. The molecule has 0 saturated heterocycles. The number of nitrogens with zero attached hydrogens (tertiary/aromatic N) is 1. The normalized spacial score (nSPS) is 12.8. The van der Waals surface area contributed by atoms with E-state index in [1.54, 1.807) is 0 Å². The molecule has 1 aromatic heterocycles. The van der Waals surface area contributed by atoms with Crippen LogP contribution in [0.1, 0.15) is 26.5 Å². The first-order chi connectivity index (χ1) is 10.0. The molecule has 0 saturated carbocycles. The molecule has 0 fully saturated rings. The number of ether oxygens (including phenoxy) is 1. The summed E-state index contributed by atoms with van der Waals surface area (Å²) in [4.78, 5) is 4.56. The first-order valence-corrected chi connectivity index (χ1v) is 7.52. The number of pyridine rings is 1. The van der Waals surface area contributed by atoms with E-state index in [0.717, 1.165) is 34.6 Å². The summed E-state index contributed by atoms with van der Waals surface area (Å²) in [6.07, 6.45) is 0. The van der Waals surface area contributed by atoms with Crippen LogP contribution in [0.4, 0.5) is 11.4 Å². The van der Waals surface area contributed by atoms with E-state index >= 15 is 0 Å². The Hall–Kier alpha value is -1.81. The SMILES string of the molecule is CCOCC(Nc1cc(C)nc2ccc(N)cc12)C(C)C. The van der Waals surface area contributed by atoms with Crippen molar-refractivity contribution in [2.45, 2.75) is 33.7 Å². The van der Waals surface area contributed by atoms with Crippen molar-refractivity contribution in [3.63, 3.8) is 0 Å². The predicted octanol–water partition coefficient (Wildman–Crippen LogP) is 3.60. The van der Waals surface area contributed by atoms with Gasteiger partial charge in [0.15, 0.2) is 0 Å². The Morgan fingerprint density at radius 1 is 1.29 bits per heavy atom. The summed E-state index contributed by atoms with van der Waals surface area (Å²) in [6.45, 7) is 9.84. The number of aryl methyl sites for hydroxylation is 1. The van der Waals surface area contributed by atoms with Crippen LogP contribution in [0.2, 0.25) is 0 Å². The first kappa shape index (κ1) is 15.6. The molecular weight excluding hydrogens is 262 g/mol. The number of rotatable bonds is 6. The average Bonchev–Trinajstić information content (AvgIpc) is 2.43. The van der Waals surface area contributed by atoms with Crippen LogP contribution in [0.15, 0.2) is 24.3 Å². The molecule has 4 nitrogen and oxygen atoms in total. The molecular formula is C17H25N3O. The van der Waals surface area contributed by atoms with Gasteiger partial charge in [-0.3, -0.25) is 4.98 Å². The van der Waals surface area contributed by atoms with Crippen LogP contribution in [0.3, 0.4) is 0 Å². The number of benzene rings is 1. The highest BCUT2D eigenvalue weighted by molar-refractivity contribution is 5.93. The van der Waals surface area contributed by atoms with Gasteiger partial charge >= 0.3 is 0 Å². The second-order valence-electron chi connectivity index (χ2n) is 5.74. The molecule has 21 heavy (non-hydrogen) atoms. The summed E-state index contributed by atoms with van der Waals surface area (Å²) in [6, 6.07) is 8.16. The lowest BCUT2D eigenvalue weighted by Gasteiger charge is -2.24. The third-order valence-electron chi connectivity index (χ3n) is 3.61. The second kappa shape index (κ2) is 6.76. The first-order valence-electron chi connectivity index (χ1n) is 7.52. The lowest BCUT2D eigenvalue weighted by molar-refractivity contribution is 0.127. The van der Waals surface area contributed by atoms with E-state index in [1.165, 1.54) is 0 Å². The molecule has 1 unspecified atom stereocenters. The van der Waals surface area contributed by atoms with Gasteiger partial charge in [0, 0.05) is 29.1 Å². The zero-order valence-corrected chi connectivity index (χ0v) is 13.3. The van der Waals surface area contributed by atoms with E-state index in [1.807, 2.05) is 32.0 Å². The summed E-state index contributed by atoms with van der Waals surface area (Å²) in [5.41, 5.74) is 9.70. The van der Waals surface area contributed by atoms with E-state index < -0.39 is 0 Å². The Bertz CT molecular complexity index is 610. The van der Waals surface area contributed by atoms with Crippen molar-refractivity contribution in [2.24, 2.45) is 5.92 Å². The van der Waals surface area contributed by atoms with E-state index in [4.69, 9.17) is 10.5 Å². The molecule has 0 bridgehead atoms. The fraction of sp³-hybridized carbons (Fsp3) is 0.471. The van der Waals surface area contributed by atoms with Gasteiger partial charge in [0.1, 0.15) is 0 Å². The van der Waals surface area contributed by atoms with Crippen molar-refractivity contribution in [2.75, 3.05) is 24.3 Å². The lowest BCUT2D eigenvalue weighted by Crippen LogP contribution is -2.31. The molecule has 2 aromatic rings. The van der Waals surface area contributed by atoms with Gasteiger partial charge in [0.2, 0.25) is 0 Å². The van der Waals surface area contributed by atoms with Crippen molar-refractivity contribution in [1.82, 2.24) is 4.98 Å². The number of anilines is 2. The number of hydrogen-bond acceptors (Lipinski definition) is 4. The molecule has 0 radical (unpaired) electrons. The Morgan fingerprint density at radius 2 is 2.05 bits per heavy atom. The van der Waals surface area contributed by atoms with Gasteiger partial charge in [0.05, 0.1) is 18.2 Å². The molecule has 0 aliphatic heterocycles. The molecule has 0 spiro atoms. The molecule has 3 N–H and O–H groups in total. The van der Waals surface area contributed by atoms with E-state index in [-0.39, 0.29) is 6.04 Å². The van der Waals surface area contributed by atoms with Crippen LogP contribution in [0, 0.1) is 12.8 Å². The van der Waals surface area contributed by atoms with Crippen LogP contribution in [0.5, 0.6) is 0 Å². The van der Waals surface area contributed by atoms with Crippen molar-refractivity contribution in [3.05, 3.63) is 30.0 Å². The van der Waals surface area contributed by atoms with Gasteiger partial charge in [-0.15, -0.1) is 0 Å². The number of nitrogens with one attached hydrogen (secondary N) is 1. The Labute approximate surface area is 126 Å². The third kappa shape index (κ3) is 3.85. The minimum Gasteiger partial charge on any atom is -0.399 e. The quantitative estimate of drug-likeness (QED) is 0.797. The van der Waals surface area contributed by atoms with Crippen LogP contribution in [0.25, 0.3) is 10.9 Å². The van der Waals surface area contributed by atoms with Gasteiger partial charge in [-0.05, 0) is 44.0 Å². The van der Waals surface area contributed by atoms with Gasteiger partial charge in [-0.25, -0.2) is 0 Å². The predicted molar refractivity (Wildman–Crippen MR) is 89.6 cm³/mol. The van der Waals surface area contributed by atoms with Crippen LogP contribution >= 0.6 is 0 Å². The van der Waals surface area contributed by atoms with Crippen molar-refractivity contribution < 1.29 is 4.74 Å². The summed E-state index contributed by atoms with van der Waals surface area (Å²) in [7, 11) is 0. The Balaban J connectivity index is 2.37. The molecule has 0 aliphatic rings. The maximum Gasteiger partial charge on any atom is 0.0727 e. The lowest BCUT2D eigenvalue weighted by atomic mass is 10.0. The standard InChI is InChI=1S/C17H25N3O/c1-5-21-10-17(11(2)3)20-16-8-12(4)19-15-7-6-13(18)9-14(15)16/h6-9,11,17H,5,10,18H2,1-4H3,(H,19,20). The fourth-order valence-corrected chi connectivity index (χ4v) is 2.34. The van der Waals surface area contributed by atoms with Crippen LogP contribution < -0.4 is 11.1 Å². The van der Waals surface area contributed by atoms with Gasteiger partial charge in [-0.2, -0.15) is 0 Å². The highest BCUT2D eigenvalue weighted by atomic mass is 16.5. The van der Waals surface area contributed by atoms with Gasteiger partial charge in [0.25, 0.3) is 0 Å². The van der Waals surface area contributed by atoms with Crippen LogP contribution in [-0.4, -0.2) is 24.2 Å². The molecule has 1 atom stereocenters. The minimum atomic E-state index is 0.261. The van der Waals surface area contributed by atoms with Crippen molar-refractivity contribution in [3.8, 4) is 0 Å². The average molecular weight is 287 g/mol. The van der Waals surface area contributed by atoms with Crippen molar-refractivity contribution in [1.29, 1.82) is 0 Å². The summed E-state index contributed by atoms with van der Waals surface area (Å²) in [5, 5.41) is 4.66. The van der Waals surface area contributed by atoms with E-state index in [0.29, 0.717) is 12.5 Å². The fourth-order valence-electron chi connectivity index (χ4n) is 2.34. The van der Waals surface area contributed by atoms with Crippen molar-refractivity contribution >= 4 is 22.3 Å². The zero-order valence-electron chi connectivity index (χ0n) is 13.3. The molecule has 4 heteroatoms. The molecule has 1 aromatic carbocycles. The van der Waals surface area contributed by atoms with Crippen LogP contribution in [-0.2, 0) is 4.74 Å². The molecule has 1 heterocycles. The largest absolute Gasteiger partial charge is 0.399 e. The van der Waals surface area contributed by atoms with Gasteiger partial charge in [-0.1, -0.05) is 13.8 Å². The maximum atomic E-state index is 5.92. The summed E-state index contributed by atoms with van der Waals surface area (Å²) < 4.78 is 5.59. The zero-order chi connectivity index (χ0) is 15.4. The molecule has 114 valence electrons. The smallest absolute Gasteiger partial charge is 0.0727 e. The van der Waals surface area contributed by atoms with E-state index in [9.17, 15) is 0 Å². The van der Waals surface area contributed by atoms with E-state index in [2.05, 4.69) is 30.2 Å². The number of nitrogen functional groups attached to an aromatic ring is 1. The Morgan fingerprint density at radius 3 is 2.71 bits per heavy atom. The second-order valence-corrected chi connectivity index (χ2v) is 5.74. The number of hydrogen-bond donors (Lipinski definition) is 2. The number of nitrogens with two attached hydrogens (primary N) is 1. The molecule has 2 rings (SSSR count). The highest BCUT2D eigenvalue weighted by Crippen LogP contribution is 2.26. The Kier molecular flexibility index (Phi) is 5.02. The third-order valence-corrected chi connectivity index (χ3v) is 3.61. The topological polar surface area (TPSA) is 60.2 Å². The number of aromatic nitrogens is 1.